The monoisotopic (exact) mass is 472 g/mol. The number of benzene rings is 3. The minimum absolute atomic E-state index is 0.150. The van der Waals surface area contributed by atoms with Gasteiger partial charge in [-0.25, -0.2) is 0 Å². The average Bonchev–Trinajstić information content (AvgIpc) is 2.84. The standard InChI is InChI=1S/C28H29ClN4O/c1-2-27-28(18-34)33(17-20-4-8-24-25(30)9-10-31-26(24)14-20)12-11-32(27)16-19-3-5-22-15-23(29)7-6-21(22)13-19/h3-10,13-15,18,27-28H,2,11-12,16-17H2,1H3,(H2,30,31)/t27-,28?/m0/s1. The predicted octanol–water partition coefficient (Wildman–Crippen LogP) is 5.29. The third-order valence-corrected chi connectivity index (χ3v) is 7.23. The van der Waals surface area contributed by atoms with E-state index in [1.807, 2.05) is 24.3 Å². The van der Waals surface area contributed by atoms with Crippen molar-refractivity contribution in [2.45, 2.75) is 38.5 Å². The summed E-state index contributed by atoms with van der Waals surface area (Å²) in [5, 5.41) is 4.05. The number of fused-ring (bicyclic) bond motifs is 2. The van der Waals surface area contributed by atoms with Gasteiger partial charge < -0.3 is 10.5 Å². The molecule has 4 aromatic rings. The molecule has 1 aromatic heterocycles. The van der Waals surface area contributed by atoms with Crippen molar-refractivity contribution in [1.82, 2.24) is 14.8 Å². The Morgan fingerprint density at radius 3 is 2.50 bits per heavy atom. The first kappa shape index (κ1) is 22.8. The summed E-state index contributed by atoms with van der Waals surface area (Å²) in [6, 6.07) is 20.6. The molecule has 34 heavy (non-hydrogen) atoms. The van der Waals surface area contributed by atoms with Crippen LogP contribution in [0.15, 0.2) is 66.9 Å². The molecule has 0 spiro atoms. The highest BCUT2D eigenvalue weighted by Crippen LogP contribution is 2.27. The van der Waals surface area contributed by atoms with Gasteiger partial charge in [-0.2, -0.15) is 0 Å². The summed E-state index contributed by atoms with van der Waals surface area (Å²) >= 11 is 6.14. The van der Waals surface area contributed by atoms with Crippen molar-refractivity contribution in [2.24, 2.45) is 0 Å². The van der Waals surface area contributed by atoms with Gasteiger partial charge >= 0.3 is 0 Å². The normalized spacial score (nSPS) is 19.6. The number of aldehydes is 1. The number of hydrogen-bond donors (Lipinski definition) is 1. The Kier molecular flexibility index (Phi) is 6.50. The lowest BCUT2D eigenvalue weighted by molar-refractivity contribution is -0.118. The number of halogens is 1. The second-order valence-electron chi connectivity index (χ2n) is 9.12. The fourth-order valence-corrected chi connectivity index (χ4v) is 5.42. The van der Waals surface area contributed by atoms with E-state index < -0.39 is 0 Å². The van der Waals surface area contributed by atoms with Gasteiger partial charge in [-0.05, 0) is 58.7 Å². The molecule has 0 saturated carbocycles. The van der Waals surface area contributed by atoms with Crippen LogP contribution in [0.5, 0.6) is 0 Å². The number of pyridine rings is 1. The maximum absolute atomic E-state index is 12.3. The molecular weight excluding hydrogens is 444 g/mol. The van der Waals surface area contributed by atoms with Gasteiger partial charge in [0.05, 0.1) is 11.6 Å². The van der Waals surface area contributed by atoms with Crippen molar-refractivity contribution >= 4 is 45.2 Å². The first-order valence-electron chi connectivity index (χ1n) is 11.8. The van der Waals surface area contributed by atoms with E-state index in [2.05, 4.69) is 58.1 Å². The Morgan fingerprint density at radius 2 is 1.68 bits per heavy atom. The molecule has 2 atom stereocenters. The minimum atomic E-state index is -0.150. The summed E-state index contributed by atoms with van der Waals surface area (Å²) < 4.78 is 0. The van der Waals surface area contributed by atoms with Crippen LogP contribution in [0.2, 0.25) is 5.02 Å². The van der Waals surface area contributed by atoms with Crippen molar-refractivity contribution in [3.8, 4) is 0 Å². The number of nitrogen functional groups attached to an aromatic ring is 1. The van der Waals surface area contributed by atoms with Crippen molar-refractivity contribution in [3.63, 3.8) is 0 Å². The van der Waals surface area contributed by atoms with E-state index >= 15 is 0 Å². The van der Waals surface area contributed by atoms with Crippen LogP contribution in [0.1, 0.15) is 24.5 Å². The number of hydrogen-bond acceptors (Lipinski definition) is 5. The number of aromatic nitrogens is 1. The van der Waals surface area contributed by atoms with Crippen molar-refractivity contribution < 1.29 is 4.79 Å². The summed E-state index contributed by atoms with van der Waals surface area (Å²) in [6.45, 7) is 5.47. The molecule has 0 amide bonds. The quantitative estimate of drug-likeness (QED) is 0.386. The average molecular weight is 473 g/mol. The van der Waals surface area contributed by atoms with Crippen LogP contribution in [0.3, 0.4) is 0 Å². The SMILES string of the molecule is CC[C@H]1C(C=O)N(Cc2ccc3c(N)ccnc3c2)CCN1Cc1ccc2cc(Cl)ccc2c1. The van der Waals surface area contributed by atoms with E-state index in [9.17, 15) is 4.79 Å². The molecule has 174 valence electrons. The third-order valence-electron chi connectivity index (χ3n) is 7.00. The topological polar surface area (TPSA) is 62.5 Å². The highest BCUT2D eigenvalue weighted by atomic mass is 35.5. The Hall–Kier alpha value is -2.99. The molecule has 3 aromatic carbocycles. The summed E-state index contributed by atoms with van der Waals surface area (Å²) in [4.78, 5) is 21.5. The van der Waals surface area contributed by atoms with Crippen LogP contribution in [-0.4, -0.2) is 46.2 Å². The predicted molar refractivity (Wildman–Crippen MR) is 140 cm³/mol. The van der Waals surface area contributed by atoms with Crippen LogP contribution in [0.4, 0.5) is 5.69 Å². The Morgan fingerprint density at radius 1 is 0.971 bits per heavy atom. The van der Waals surface area contributed by atoms with E-state index in [0.717, 1.165) is 71.4 Å². The first-order chi connectivity index (χ1) is 16.6. The largest absolute Gasteiger partial charge is 0.398 e. The van der Waals surface area contributed by atoms with Gasteiger partial charge in [0.25, 0.3) is 0 Å². The Balaban J connectivity index is 1.34. The van der Waals surface area contributed by atoms with Gasteiger partial charge in [-0.1, -0.05) is 48.9 Å². The number of piperazine rings is 1. The molecule has 1 aliphatic rings. The minimum Gasteiger partial charge on any atom is -0.398 e. The summed E-state index contributed by atoms with van der Waals surface area (Å²) in [5.41, 5.74) is 10.1. The molecular formula is C28H29ClN4O. The molecule has 5 rings (SSSR count). The van der Waals surface area contributed by atoms with Gasteiger partial charge in [-0.15, -0.1) is 0 Å². The highest BCUT2D eigenvalue weighted by molar-refractivity contribution is 6.31. The van der Waals surface area contributed by atoms with E-state index in [0.29, 0.717) is 0 Å². The fraction of sp³-hybridized carbons (Fsp3) is 0.286. The van der Waals surface area contributed by atoms with Gasteiger partial charge in [-0.3, -0.25) is 14.8 Å². The van der Waals surface area contributed by atoms with Gasteiger partial charge in [0.15, 0.2) is 0 Å². The highest BCUT2D eigenvalue weighted by Gasteiger charge is 2.35. The lowest BCUT2D eigenvalue weighted by Gasteiger charge is -2.45. The number of nitrogens with zero attached hydrogens (tertiary/aromatic N) is 3. The van der Waals surface area contributed by atoms with E-state index in [4.69, 9.17) is 17.3 Å². The summed E-state index contributed by atoms with van der Waals surface area (Å²) in [7, 11) is 0. The van der Waals surface area contributed by atoms with E-state index in [1.165, 1.54) is 10.9 Å². The number of anilines is 1. The zero-order chi connectivity index (χ0) is 23.7. The molecule has 1 aliphatic heterocycles. The molecule has 0 aliphatic carbocycles. The Bertz CT molecular complexity index is 1340. The lowest BCUT2D eigenvalue weighted by atomic mass is 9.97. The molecule has 1 saturated heterocycles. The molecule has 1 fully saturated rings. The van der Waals surface area contributed by atoms with E-state index in [-0.39, 0.29) is 12.1 Å². The zero-order valence-corrected chi connectivity index (χ0v) is 20.1. The molecule has 6 heteroatoms. The van der Waals surface area contributed by atoms with Crippen LogP contribution >= 0.6 is 11.6 Å². The molecule has 0 radical (unpaired) electrons. The van der Waals surface area contributed by atoms with Crippen molar-refractivity contribution in [1.29, 1.82) is 0 Å². The summed E-state index contributed by atoms with van der Waals surface area (Å²) in [5.74, 6) is 0. The van der Waals surface area contributed by atoms with Crippen LogP contribution in [0, 0.1) is 0 Å². The number of rotatable bonds is 6. The Labute approximate surface area is 205 Å². The molecule has 5 nitrogen and oxygen atoms in total. The van der Waals surface area contributed by atoms with Gasteiger partial charge in [0.1, 0.15) is 6.29 Å². The first-order valence-corrected chi connectivity index (χ1v) is 12.2. The smallest absolute Gasteiger partial charge is 0.138 e. The molecule has 0 bridgehead atoms. The third kappa shape index (κ3) is 4.51. The van der Waals surface area contributed by atoms with Gasteiger partial charge in [0, 0.05) is 54.5 Å². The molecule has 2 N–H and O–H groups in total. The van der Waals surface area contributed by atoms with Crippen LogP contribution < -0.4 is 5.73 Å². The summed E-state index contributed by atoms with van der Waals surface area (Å²) in [6.07, 6.45) is 3.78. The second-order valence-corrected chi connectivity index (χ2v) is 9.56. The number of carbonyl (C=O) groups is 1. The van der Waals surface area contributed by atoms with Crippen molar-refractivity contribution in [3.05, 3.63) is 83.0 Å². The van der Waals surface area contributed by atoms with Gasteiger partial charge in [0.2, 0.25) is 0 Å². The molecule has 2 heterocycles. The maximum Gasteiger partial charge on any atom is 0.138 e. The van der Waals surface area contributed by atoms with E-state index in [1.54, 1.807) is 6.20 Å². The lowest BCUT2D eigenvalue weighted by Crippen LogP contribution is -2.59. The molecule has 1 unspecified atom stereocenters. The number of nitrogens with two attached hydrogens (primary N) is 1. The second kappa shape index (κ2) is 9.71. The van der Waals surface area contributed by atoms with Crippen LogP contribution in [-0.2, 0) is 17.9 Å². The van der Waals surface area contributed by atoms with Crippen molar-refractivity contribution in [2.75, 3.05) is 18.8 Å². The van der Waals surface area contributed by atoms with Crippen LogP contribution in [0.25, 0.3) is 21.7 Å². The fourth-order valence-electron chi connectivity index (χ4n) is 5.24. The zero-order valence-electron chi connectivity index (χ0n) is 19.3. The maximum atomic E-state index is 12.3. The number of carbonyl (C=O) groups excluding carboxylic acids is 1.